The normalized spacial score (nSPS) is 31.4. The number of benzene rings is 1. The molecule has 6 atom stereocenters. The summed E-state index contributed by atoms with van der Waals surface area (Å²) < 4.78 is 46.7. The average Bonchev–Trinajstić information content (AvgIpc) is 3.54. The zero-order valence-electron chi connectivity index (χ0n) is 25.1. The molecule has 0 spiro atoms. The van der Waals surface area contributed by atoms with E-state index in [1.165, 1.54) is 6.07 Å². The van der Waals surface area contributed by atoms with Gasteiger partial charge in [-0.25, -0.2) is 0 Å². The Labute approximate surface area is 254 Å². The zero-order valence-corrected chi connectivity index (χ0v) is 25.1. The maximum atomic E-state index is 13.9. The summed E-state index contributed by atoms with van der Waals surface area (Å²) in [4.78, 5) is 30.2. The molecule has 7 rings (SSSR count). The molecule has 3 heterocycles. The van der Waals surface area contributed by atoms with Crippen molar-refractivity contribution >= 4 is 28.3 Å². The highest BCUT2D eigenvalue weighted by Crippen LogP contribution is 2.64. The number of nitrogens with zero attached hydrogens (tertiary/aromatic N) is 2. The predicted molar refractivity (Wildman–Crippen MR) is 160 cm³/mol. The Hall–Kier alpha value is -3.82. The molecule has 1 aromatic carbocycles. The highest BCUT2D eigenvalue weighted by atomic mass is 19.4. The summed E-state index contributed by atoms with van der Waals surface area (Å²) in [5.41, 5.74) is 2.47. The van der Waals surface area contributed by atoms with Crippen molar-refractivity contribution in [1.29, 1.82) is 0 Å². The molecule has 3 aromatic rings. The number of amides is 1. The van der Waals surface area contributed by atoms with Gasteiger partial charge in [0.2, 0.25) is 11.8 Å². The predicted octanol–water partition coefficient (Wildman–Crippen LogP) is 7.09. The van der Waals surface area contributed by atoms with Crippen LogP contribution >= 0.6 is 0 Å². The second-order valence-corrected chi connectivity index (χ2v) is 13.7. The lowest BCUT2D eigenvalue weighted by Gasteiger charge is -2.58. The van der Waals surface area contributed by atoms with Gasteiger partial charge in [-0.3, -0.25) is 9.59 Å². The highest BCUT2D eigenvalue weighted by Gasteiger charge is 2.60. The van der Waals surface area contributed by atoms with Crippen LogP contribution in [0.1, 0.15) is 57.9 Å². The van der Waals surface area contributed by atoms with Crippen LogP contribution in [-0.4, -0.2) is 34.1 Å². The molecule has 44 heavy (non-hydrogen) atoms. The Morgan fingerprint density at radius 2 is 1.91 bits per heavy atom. The fourth-order valence-corrected chi connectivity index (χ4v) is 9.10. The van der Waals surface area contributed by atoms with Crippen LogP contribution in [0, 0.1) is 41.4 Å². The van der Waals surface area contributed by atoms with Crippen LogP contribution in [0.4, 0.5) is 18.9 Å². The third kappa shape index (κ3) is 4.68. The van der Waals surface area contributed by atoms with Crippen LogP contribution in [0.2, 0.25) is 0 Å². The van der Waals surface area contributed by atoms with E-state index in [9.17, 15) is 22.8 Å². The fraction of sp³-hybridized carbons (Fsp3) is 0.500. The van der Waals surface area contributed by atoms with E-state index in [1.807, 2.05) is 31.2 Å². The molecule has 10 heteroatoms. The van der Waals surface area contributed by atoms with Gasteiger partial charge in [0.1, 0.15) is 11.5 Å². The minimum Gasteiger partial charge on any atom is -0.387 e. The molecule has 4 aliphatic rings. The van der Waals surface area contributed by atoms with Gasteiger partial charge >= 0.3 is 6.36 Å². The molecule has 1 saturated heterocycles. The van der Waals surface area contributed by atoms with Gasteiger partial charge in [-0.2, -0.15) is 4.98 Å². The fourth-order valence-electron chi connectivity index (χ4n) is 9.10. The molecule has 1 amide bonds. The van der Waals surface area contributed by atoms with E-state index in [2.05, 4.69) is 34.2 Å². The van der Waals surface area contributed by atoms with E-state index in [0.717, 1.165) is 54.4 Å². The number of carbonyl (C=O) groups excluding carboxylic acids is 2. The van der Waals surface area contributed by atoms with Crippen LogP contribution in [-0.2, 0) is 9.59 Å². The lowest BCUT2D eigenvalue weighted by molar-refractivity contribution is -0.275. The van der Waals surface area contributed by atoms with Crippen molar-refractivity contribution in [3.63, 3.8) is 0 Å². The second-order valence-electron chi connectivity index (χ2n) is 13.7. The summed E-state index contributed by atoms with van der Waals surface area (Å²) in [7, 11) is 0. The summed E-state index contributed by atoms with van der Waals surface area (Å²) in [5, 5.41) is 7.29. The molecule has 4 unspecified atom stereocenters. The lowest BCUT2D eigenvalue weighted by Crippen LogP contribution is -2.57. The molecule has 2 saturated carbocycles. The Morgan fingerprint density at radius 3 is 2.70 bits per heavy atom. The summed E-state index contributed by atoms with van der Waals surface area (Å²) in [6.45, 7) is 7.19. The van der Waals surface area contributed by atoms with Crippen LogP contribution in [0.5, 0.6) is 5.88 Å². The Bertz CT molecular complexity index is 1700. The van der Waals surface area contributed by atoms with Gasteiger partial charge in [-0.05, 0) is 92.5 Å². The van der Waals surface area contributed by atoms with Gasteiger partial charge < -0.3 is 19.9 Å². The minimum atomic E-state index is -4.98. The number of pyridine rings is 1. The molecule has 232 valence electrons. The van der Waals surface area contributed by atoms with Crippen LogP contribution < -0.4 is 15.4 Å². The number of piperidine rings is 1. The van der Waals surface area contributed by atoms with Crippen molar-refractivity contribution in [1.82, 2.24) is 14.9 Å². The maximum absolute atomic E-state index is 13.9. The molecule has 0 radical (unpaired) electrons. The highest BCUT2D eigenvalue weighted by molar-refractivity contribution is 5.94. The summed E-state index contributed by atoms with van der Waals surface area (Å²) in [5.74, 6) is 0.205. The monoisotopic (exact) mass is 606 g/mol. The number of allylic oxidation sites excluding steroid dienone is 2. The SMILES string of the molecule is Cc1ccc2c(ccn2-c2ccc(NC(=O)C3CCC4C5CNC6=CC(=O)CC[C@]6(C)C5CC[C@]34C)c(OC(F)(F)F)n2)c1. The van der Waals surface area contributed by atoms with Gasteiger partial charge in [0.25, 0.3) is 0 Å². The van der Waals surface area contributed by atoms with Crippen LogP contribution in [0.25, 0.3) is 16.7 Å². The molecular weight excluding hydrogens is 569 g/mol. The van der Waals surface area contributed by atoms with Crippen LogP contribution in [0.3, 0.4) is 0 Å². The van der Waals surface area contributed by atoms with Gasteiger partial charge in [0.05, 0.1) is 5.52 Å². The number of fused-ring (bicyclic) bond motifs is 6. The molecule has 0 bridgehead atoms. The van der Waals surface area contributed by atoms with Gasteiger partial charge in [0.15, 0.2) is 5.78 Å². The molecule has 1 aliphatic heterocycles. The van der Waals surface area contributed by atoms with E-state index in [1.54, 1.807) is 22.9 Å². The summed E-state index contributed by atoms with van der Waals surface area (Å²) in [6, 6.07) is 10.7. The number of hydrogen-bond acceptors (Lipinski definition) is 5. The van der Waals surface area contributed by atoms with Gasteiger partial charge in [-0.1, -0.05) is 25.5 Å². The van der Waals surface area contributed by atoms with Crippen molar-refractivity contribution in [3.05, 3.63) is 59.9 Å². The van der Waals surface area contributed by atoms with Gasteiger partial charge in [0, 0.05) is 47.7 Å². The number of aryl methyl sites for hydroxylation is 1. The average molecular weight is 607 g/mol. The number of ether oxygens (including phenoxy) is 1. The van der Waals surface area contributed by atoms with Crippen molar-refractivity contribution in [3.8, 4) is 11.7 Å². The Balaban J connectivity index is 1.14. The maximum Gasteiger partial charge on any atom is 0.574 e. The third-order valence-corrected chi connectivity index (χ3v) is 11.3. The molecular formula is C34H37F3N4O3. The Kier molecular flexibility index (Phi) is 6.64. The first-order chi connectivity index (χ1) is 20.9. The number of alkyl halides is 3. The second kappa shape index (κ2) is 10.1. The quantitative estimate of drug-likeness (QED) is 0.331. The number of carbonyl (C=O) groups is 2. The molecule has 7 nitrogen and oxygen atoms in total. The Morgan fingerprint density at radius 1 is 1.09 bits per heavy atom. The summed E-state index contributed by atoms with van der Waals surface area (Å²) >= 11 is 0. The van der Waals surface area contributed by atoms with Crippen molar-refractivity contribution in [2.24, 2.45) is 34.5 Å². The molecule has 2 N–H and O–H groups in total. The van der Waals surface area contributed by atoms with E-state index in [-0.39, 0.29) is 39.9 Å². The zero-order chi connectivity index (χ0) is 31.0. The standard InChI is InChI=1S/C34H37F3N4O3/c1-19-4-8-27-20(16-19)12-15-41(27)29-9-7-26(31(40-29)44-34(35,36)37)39-30(43)25-6-5-23-22-18-38-28-17-21(42)10-13-33(28,3)24(22)11-14-32(23,25)2/h4,7-9,12,15-17,22-25,38H,5-6,10-11,13-14,18H2,1-3H3,(H,39,43)/t22?,23?,24?,25?,32-,33+/m0/s1. The van der Waals surface area contributed by atoms with Gasteiger partial charge in [-0.15, -0.1) is 13.2 Å². The van der Waals surface area contributed by atoms with Crippen molar-refractivity contribution in [2.75, 3.05) is 11.9 Å². The van der Waals surface area contributed by atoms with E-state index < -0.39 is 12.2 Å². The van der Waals surface area contributed by atoms with E-state index in [0.29, 0.717) is 30.6 Å². The number of halogens is 3. The largest absolute Gasteiger partial charge is 0.574 e. The number of hydrogen-bond donors (Lipinski definition) is 2. The van der Waals surface area contributed by atoms with Crippen molar-refractivity contribution in [2.45, 2.75) is 65.7 Å². The molecule has 2 aromatic heterocycles. The summed E-state index contributed by atoms with van der Waals surface area (Å²) in [6.07, 6.45) is 3.32. The smallest absolute Gasteiger partial charge is 0.387 e. The van der Waals surface area contributed by atoms with E-state index >= 15 is 0 Å². The van der Waals surface area contributed by atoms with Crippen molar-refractivity contribution < 1.29 is 27.5 Å². The first-order valence-corrected chi connectivity index (χ1v) is 15.5. The number of ketones is 1. The molecule has 3 aliphatic carbocycles. The van der Waals surface area contributed by atoms with E-state index in [4.69, 9.17) is 0 Å². The topological polar surface area (TPSA) is 85.2 Å². The number of anilines is 1. The lowest BCUT2D eigenvalue weighted by atomic mass is 9.50. The number of nitrogens with one attached hydrogen (secondary N) is 2. The first kappa shape index (κ1) is 28.9. The third-order valence-electron chi connectivity index (χ3n) is 11.3. The first-order valence-electron chi connectivity index (χ1n) is 15.5. The number of rotatable bonds is 4. The van der Waals surface area contributed by atoms with Crippen LogP contribution in [0.15, 0.2) is 54.4 Å². The molecule has 3 fully saturated rings. The number of aromatic nitrogens is 2. The minimum absolute atomic E-state index is 0.0698.